The van der Waals surface area contributed by atoms with Crippen LogP contribution < -0.4 is 5.73 Å². The van der Waals surface area contributed by atoms with E-state index in [1.54, 1.807) is 0 Å². The first kappa shape index (κ1) is 13.9. The van der Waals surface area contributed by atoms with Gasteiger partial charge in [-0.3, -0.25) is 0 Å². The van der Waals surface area contributed by atoms with Crippen LogP contribution in [0.3, 0.4) is 0 Å². The lowest BCUT2D eigenvalue weighted by atomic mass is 10.2. The SMILES string of the molecule is Nc1cc(C(=O)O)c(F)cc1Sc1ccccc1Br. The zero-order valence-corrected chi connectivity index (χ0v) is 12.0. The minimum Gasteiger partial charge on any atom is -0.478 e. The highest BCUT2D eigenvalue weighted by Crippen LogP contribution is 2.37. The number of hydrogen-bond donors (Lipinski definition) is 2. The molecule has 0 aliphatic carbocycles. The average Bonchev–Trinajstić information content (AvgIpc) is 2.35. The third kappa shape index (κ3) is 3.08. The van der Waals surface area contributed by atoms with E-state index in [2.05, 4.69) is 15.9 Å². The van der Waals surface area contributed by atoms with E-state index >= 15 is 0 Å². The summed E-state index contributed by atoms with van der Waals surface area (Å²) in [7, 11) is 0. The molecule has 0 bridgehead atoms. The zero-order valence-electron chi connectivity index (χ0n) is 9.56. The van der Waals surface area contributed by atoms with Crippen LogP contribution in [0, 0.1) is 5.82 Å². The second kappa shape index (κ2) is 5.63. The van der Waals surface area contributed by atoms with E-state index in [0.717, 1.165) is 21.5 Å². The number of carboxylic acids is 1. The molecule has 0 aliphatic rings. The van der Waals surface area contributed by atoms with E-state index in [1.807, 2.05) is 24.3 Å². The molecule has 98 valence electrons. The molecule has 2 aromatic rings. The number of anilines is 1. The van der Waals surface area contributed by atoms with Gasteiger partial charge in [0, 0.05) is 20.0 Å². The summed E-state index contributed by atoms with van der Waals surface area (Å²) >= 11 is 4.66. The molecule has 19 heavy (non-hydrogen) atoms. The molecule has 0 spiro atoms. The maximum absolute atomic E-state index is 13.6. The van der Waals surface area contributed by atoms with Crippen molar-refractivity contribution in [2.24, 2.45) is 0 Å². The Kier molecular flexibility index (Phi) is 4.11. The first-order valence-corrected chi connectivity index (χ1v) is 6.84. The Morgan fingerprint density at radius 3 is 2.58 bits per heavy atom. The van der Waals surface area contributed by atoms with Crippen LogP contribution in [0.15, 0.2) is 50.7 Å². The Morgan fingerprint density at radius 1 is 1.26 bits per heavy atom. The zero-order chi connectivity index (χ0) is 14.0. The van der Waals surface area contributed by atoms with Crippen molar-refractivity contribution < 1.29 is 14.3 Å². The molecule has 0 aromatic heterocycles. The lowest BCUT2D eigenvalue weighted by Crippen LogP contribution is -2.03. The van der Waals surface area contributed by atoms with Gasteiger partial charge in [0.05, 0.1) is 5.56 Å². The second-order valence-corrected chi connectivity index (χ2v) is 5.65. The van der Waals surface area contributed by atoms with Crippen LogP contribution in [-0.2, 0) is 0 Å². The molecule has 0 heterocycles. The van der Waals surface area contributed by atoms with Gasteiger partial charge < -0.3 is 10.8 Å². The van der Waals surface area contributed by atoms with Gasteiger partial charge in [0.2, 0.25) is 0 Å². The highest BCUT2D eigenvalue weighted by Gasteiger charge is 2.14. The Labute approximate surface area is 121 Å². The third-order valence-electron chi connectivity index (χ3n) is 2.39. The van der Waals surface area contributed by atoms with Crippen LogP contribution in [0.5, 0.6) is 0 Å². The topological polar surface area (TPSA) is 63.3 Å². The fourth-order valence-corrected chi connectivity index (χ4v) is 2.89. The molecular weight excluding hydrogens is 333 g/mol. The van der Waals surface area contributed by atoms with E-state index in [4.69, 9.17) is 10.8 Å². The largest absolute Gasteiger partial charge is 0.478 e. The fourth-order valence-electron chi connectivity index (χ4n) is 1.47. The lowest BCUT2D eigenvalue weighted by molar-refractivity contribution is 0.0692. The molecule has 3 nitrogen and oxygen atoms in total. The molecule has 0 fully saturated rings. The number of halogens is 2. The van der Waals surface area contributed by atoms with Gasteiger partial charge in [-0.1, -0.05) is 23.9 Å². The second-order valence-electron chi connectivity index (χ2n) is 3.71. The van der Waals surface area contributed by atoms with Crippen molar-refractivity contribution in [1.29, 1.82) is 0 Å². The minimum absolute atomic E-state index is 0.236. The van der Waals surface area contributed by atoms with Crippen LogP contribution in [-0.4, -0.2) is 11.1 Å². The molecule has 0 radical (unpaired) electrons. The number of aromatic carboxylic acids is 1. The summed E-state index contributed by atoms with van der Waals surface area (Å²) in [6.07, 6.45) is 0. The van der Waals surface area contributed by atoms with Crippen LogP contribution in [0.1, 0.15) is 10.4 Å². The summed E-state index contributed by atoms with van der Waals surface area (Å²) in [5, 5.41) is 8.80. The number of rotatable bonds is 3. The van der Waals surface area contributed by atoms with Gasteiger partial charge in [-0.25, -0.2) is 9.18 Å². The van der Waals surface area contributed by atoms with Crippen LogP contribution >= 0.6 is 27.7 Å². The number of benzene rings is 2. The molecule has 2 rings (SSSR count). The van der Waals surface area contributed by atoms with Gasteiger partial charge in [-0.2, -0.15) is 0 Å². The Hall–Kier alpha value is -1.53. The number of carbonyl (C=O) groups is 1. The fraction of sp³-hybridized carbons (Fsp3) is 0. The van der Waals surface area contributed by atoms with Crippen molar-refractivity contribution in [2.45, 2.75) is 9.79 Å². The molecule has 0 saturated heterocycles. The van der Waals surface area contributed by atoms with Crippen LogP contribution in [0.2, 0.25) is 0 Å². The maximum atomic E-state index is 13.6. The monoisotopic (exact) mass is 341 g/mol. The Morgan fingerprint density at radius 2 is 1.95 bits per heavy atom. The van der Waals surface area contributed by atoms with Gasteiger partial charge in [0.25, 0.3) is 0 Å². The number of hydrogen-bond acceptors (Lipinski definition) is 3. The van der Waals surface area contributed by atoms with E-state index < -0.39 is 17.3 Å². The van der Waals surface area contributed by atoms with Crippen molar-refractivity contribution in [1.82, 2.24) is 0 Å². The van der Waals surface area contributed by atoms with Crippen molar-refractivity contribution in [3.8, 4) is 0 Å². The first-order valence-electron chi connectivity index (χ1n) is 5.23. The van der Waals surface area contributed by atoms with Gasteiger partial charge in [0.1, 0.15) is 5.82 Å². The number of nitrogen functional groups attached to an aromatic ring is 1. The van der Waals surface area contributed by atoms with E-state index in [-0.39, 0.29) is 5.69 Å². The molecule has 3 N–H and O–H groups in total. The molecule has 0 saturated carbocycles. The summed E-state index contributed by atoms with van der Waals surface area (Å²) in [6, 6.07) is 9.72. The van der Waals surface area contributed by atoms with Crippen LogP contribution in [0.25, 0.3) is 0 Å². The van der Waals surface area contributed by atoms with Gasteiger partial charge in [-0.05, 0) is 40.2 Å². The van der Waals surface area contributed by atoms with E-state index in [1.165, 1.54) is 11.8 Å². The van der Waals surface area contributed by atoms with Crippen molar-refractivity contribution in [2.75, 3.05) is 5.73 Å². The summed E-state index contributed by atoms with van der Waals surface area (Å²) in [5.74, 6) is -2.13. The predicted molar refractivity (Wildman–Crippen MR) is 76.0 cm³/mol. The normalized spacial score (nSPS) is 10.4. The minimum atomic E-state index is -1.33. The summed E-state index contributed by atoms with van der Waals surface area (Å²) in [6.45, 7) is 0. The van der Waals surface area contributed by atoms with Gasteiger partial charge in [0.15, 0.2) is 0 Å². The standard InChI is InChI=1S/C13H9BrFNO2S/c14-8-3-1-2-4-11(8)19-12-6-9(15)7(13(17)18)5-10(12)16/h1-6H,16H2,(H,17,18). The smallest absolute Gasteiger partial charge is 0.338 e. The average molecular weight is 342 g/mol. The maximum Gasteiger partial charge on any atom is 0.338 e. The van der Waals surface area contributed by atoms with Crippen molar-refractivity contribution >= 4 is 39.3 Å². The Bertz CT molecular complexity index is 649. The summed E-state index contributed by atoms with van der Waals surface area (Å²) in [5.41, 5.74) is 5.57. The predicted octanol–water partition coefficient (Wildman–Crippen LogP) is 4.02. The number of nitrogens with two attached hydrogens (primary N) is 1. The van der Waals surface area contributed by atoms with Gasteiger partial charge in [-0.15, -0.1) is 0 Å². The van der Waals surface area contributed by atoms with Gasteiger partial charge >= 0.3 is 5.97 Å². The van der Waals surface area contributed by atoms with E-state index in [0.29, 0.717) is 4.90 Å². The lowest BCUT2D eigenvalue weighted by Gasteiger charge is -2.08. The third-order valence-corrected chi connectivity index (χ3v) is 4.49. The molecule has 0 aliphatic heterocycles. The molecule has 2 aromatic carbocycles. The Balaban J connectivity index is 2.39. The molecule has 6 heteroatoms. The number of carboxylic acid groups (broad SMARTS) is 1. The summed E-state index contributed by atoms with van der Waals surface area (Å²) < 4.78 is 14.5. The van der Waals surface area contributed by atoms with Crippen LogP contribution in [0.4, 0.5) is 10.1 Å². The quantitative estimate of drug-likeness (QED) is 0.827. The first-order chi connectivity index (χ1) is 8.99. The molecule has 0 amide bonds. The highest BCUT2D eigenvalue weighted by atomic mass is 79.9. The van der Waals surface area contributed by atoms with E-state index in [9.17, 15) is 9.18 Å². The molecular formula is C13H9BrFNO2S. The highest BCUT2D eigenvalue weighted by molar-refractivity contribution is 9.10. The van der Waals surface area contributed by atoms with Crippen molar-refractivity contribution in [3.05, 3.63) is 52.3 Å². The molecule has 0 atom stereocenters. The molecule has 0 unspecified atom stereocenters. The van der Waals surface area contributed by atoms with Crippen molar-refractivity contribution in [3.63, 3.8) is 0 Å². The summed E-state index contributed by atoms with van der Waals surface area (Å²) in [4.78, 5) is 12.1.